The van der Waals surface area contributed by atoms with Crippen molar-refractivity contribution in [3.8, 4) is 0 Å². The Balaban J connectivity index is 1.96. The van der Waals surface area contributed by atoms with Gasteiger partial charge in [0.15, 0.2) is 0 Å². The lowest BCUT2D eigenvalue weighted by Gasteiger charge is -2.26. The van der Waals surface area contributed by atoms with Crippen molar-refractivity contribution in [3.63, 3.8) is 0 Å². The summed E-state index contributed by atoms with van der Waals surface area (Å²) < 4.78 is 0.938. The van der Waals surface area contributed by atoms with Gasteiger partial charge in [0.2, 0.25) is 0 Å². The van der Waals surface area contributed by atoms with Crippen LogP contribution in [0.3, 0.4) is 0 Å². The van der Waals surface area contributed by atoms with E-state index in [9.17, 15) is 14.7 Å². The molecule has 2 heterocycles. The summed E-state index contributed by atoms with van der Waals surface area (Å²) >= 11 is 3.00. The lowest BCUT2D eigenvalue weighted by atomic mass is 10.1. The molecule has 0 spiro atoms. The topological polar surface area (TPSA) is 70.5 Å². The number of fused-ring (bicyclic) bond motifs is 1. The van der Waals surface area contributed by atoms with Gasteiger partial charge in [0, 0.05) is 11.3 Å². The predicted octanol–water partition coefficient (Wildman–Crippen LogP) is 2.67. The standard InChI is InChI=1S/C14H14N2O3S2/c1-2-12-16(10(6-20-12)14(18)19)13(17)8-3-4-9-11(5-8)21-7-15-9/h3-5,7,10,12H,2,6H2,1H3,(H,18,19). The molecule has 0 saturated carbocycles. The molecule has 1 amide bonds. The van der Waals surface area contributed by atoms with Crippen molar-refractivity contribution in [2.24, 2.45) is 0 Å². The van der Waals surface area contributed by atoms with Crippen LogP contribution in [-0.2, 0) is 4.79 Å². The van der Waals surface area contributed by atoms with E-state index in [-0.39, 0.29) is 11.3 Å². The maximum absolute atomic E-state index is 12.7. The average Bonchev–Trinajstić information content (AvgIpc) is 3.11. The SMILES string of the molecule is CCC1SCC(C(=O)O)N1C(=O)c1ccc2ncsc2c1. The van der Waals surface area contributed by atoms with E-state index in [0.717, 1.165) is 16.6 Å². The molecule has 3 rings (SSSR count). The van der Waals surface area contributed by atoms with Gasteiger partial charge >= 0.3 is 5.97 Å². The van der Waals surface area contributed by atoms with Crippen LogP contribution < -0.4 is 0 Å². The minimum Gasteiger partial charge on any atom is -0.480 e. The van der Waals surface area contributed by atoms with E-state index >= 15 is 0 Å². The number of hydrogen-bond acceptors (Lipinski definition) is 5. The van der Waals surface area contributed by atoms with E-state index in [0.29, 0.717) is 11.3 Å². The Labute approximate surface area is 130 Å². The Morgan fingerprint density at radius 2 is 2.29 bits per heavy atom. The molecule has 1 aromatic carbocycles. The van der Waals surface area contributed by atoms with Crippen molar-refractivity contribution >= 4 is 45.2 Å². The highest BCUT2D eigenvalue weighted by Crippen LogP contribution is 2.33. The third kappa shape index (κ3) is 2.51. The fourth-order valence-corrected chi connectivity index (χ4v) is 4.54. The largest absolute Gasteiger partial charge is 0.480 e. The van der Waals surface area contributed by atoms with Gasteiger partial charge in [0.25, 0.3) is 5.91 Å². The molecule has 1 aliphatic heterocycles. The van der Waals surface area contributed by atoms with Crippen molar-refractivity contribution in [2.45, 2.75) is 24.8 Å². The lowest BCUT2D eigenvalue weighted by molar-refractivity contribution is -0.141. The Bertz CT molecular complexity index is 700. The Morgan fingerprint density at radius 1 is 1.48 bits per heavy atom. The van der Waals surface area contributed by atoms with Crippen LogP contribution in [0.15, 0.2) is 23.7 Å². The number of nitrogens with zero attached hydrogens (tertiary/aromatic N) is 2. The van der Waals surface area contributed by atoms with Gasteiger partial charge in [-0.15, -0.1) is 23.1 Å². The predicted molar refractivity (Wildman–Crippen MR) is 83.8 cm³/mol. The number of thioether (sulfide) groups is 1. The maximum atomic E-state index is 12.7. The first-order valence-electron chi connectivity index (χ1n) is 6.62. The number of benzene rings is 1. The molecule has 5 nitrogen and oxygen atoms in total. The molecule has 1 aliphatic rings. The van der Waals surface area contributed by atoms with Crippen molar-refractivity contribution in [2.75, 3.05) is 5.75 Å². The normalized spacial score (nSPS) is 21.9. The Hall–Kier alpha value is -1.60. The number of aromatic nitrogens is 1. The molecule has 0 bridgehead atoms. The van der Waals surface area contributed by atoms with Crippen LogP contribution in [0.25, 0.3) is 10.2 Å². The number of thiazole rings is 1. The minimum atomic E-state index is -0.939. The smallest absolute Gasteiger partial charge is 0.327 e. The number of aliphatic carboxylic acids is 1. The van der Waals surface area contributed by atoms with Gasteiger partial charge in [-0.2, -0.15) is 0 Å². The van der Waals surface area contributed by atoms with Crippen LogP contribution in [0.5, 0.6) is 0 Å². The molecule has 1 N–H and O–H groups in total. The zero-order valence-corrected chi connectivity index (χ0v) is 13.0. The summed E-state index contributed by atoms with van der Waals surface area (Å²) in [5.74, 6) is -0.706. The van der Waals surface area contributed by atoms with Crippen molar-refractivity contribution in [1.29, 1.82) is 0 Å². The summed E-state index contributed by atoms with van der Waals surface area (Å²) in [5.41, 5.74) is 3.12. The summed E-state index contributed by atoms with van der Waals surface area (Å²) in [4.78, 5) is 29.8. The molecule has 1 saturated heterocycles. The first kappa shape index (κ1) is 14.3. The zero-order chi connectivity index (χ0) is 15.0. The van der Waals surface area contributed by atoms with E-state index in [4.69, 9.17) is 0 Å². The number of carbonyl (C=O) groups excluding carboxylic acids is 1. The number of carboxylic acid groups (broad SMARTS) is 1. The summed E-state index contributed by atoms with van der Waals surface area (Å²) in [6.45, 7) is 1.97. The molecule has 1 aromatic heterocycles. The Morgan fingerprint density at radius 3 is 3.00 bits per heavy atom. The second-order valence-electron chi connectivity index (χ2n) is 4.80. The summed E-state index contributed by atoms with van der Waals surface area (Å²) in [6.07, 6.45) is 0.739. The van der Waals surface area contributed by atoms with E-state index < -0.39 is 12.0 Å². The number of carboxylic acids is 1. The minimum absolute atomic E-state index is 0.0734. The highest BCUT2D eigenvalue weighted by molar-refractivity contribution is 8.00. The van der Waals surface area contributed by atoms with E-state index in [2.05, 4.69) is 4.98 Å². The van der Waals surface area contributed by atoms with Crippen molar-refractivity contribution in [3.05, 3.63) is 29.3 Å². The molecular weight excluding hydrogens is 308 g/mol. The van der Waals surface area contributed by atoms with Crippen molar-refractivity contribution in [1.82, 2.24) is 9.88 Å². The highest BCUT2D eigenvalue weighted by Gasteiger charge is 2.41. The van der Waals surface area contributed by atoms with Crippen LogP contribution in [0.2, 0.25) is 0 Å². The van der Waals surface area contributed by atoms with Gasteiger partial charge in [-0.05, 0) is 24.6 Å². The van der Waals surface area contributed by atoms with Gasteiger partial charge in [0.05, 0.1) is 21.1 Å². The van der Waals surface area contributed by atoms with Gasteiger partial charge in [-0.25, -0.2) is 9.78 Å². The monoisotopic (exact) mass is 322 g/mol. The molecule has 21 heavy (non-hydrogen) atoms. The third-order valence-corrected chi connectivity index (χ3v) is 5.78. The lowest BCUT2D eigenvalue weighted by Crippen LogP contribution is -2.45. The van der Waals surface area contributed by atoms with Gasteiger partial charge < -0.3 is 10.0 Å². The van der Waals surface area contributed by atoms with Crippen LogP contribution in [0.1, 0.15) is 23.7 Å². The summed E-state index contributed by atoms with van der Waals surface area (Å²) in [5, 5.41) is 9.24. The van der Waals surface area contributed by atoms with Crippen LogP contribution in [-0.4, -0.2) is 44.0 Å². The Kier molecular flexibility index (Phi) is 3.86. The van der Waals surface area contributed by atoms with Crippen molar-refractivity contribution < 1.29 is 14.7 Å². The van der Waals surface area contributed by atoms with Gasteiger partial charge in [-0.3, -0.25) is 4.79 Å². The number of carbonyl (C=O) groups is 2. The number of hydrogen-bond donors (Lipinski definition) is 1. The fraction of sp³-hybridized carbons (Fsp3) is 0.357. The van der Waals surface area contributed by atoms with Crippen LogP contribution in [0, 0.1) is 0 Å². The molecule has 0 aliphatic carbocycles. The second-order valence-corrected chi connectivity index (χ2v) is 6.89. The summed E-state index contributed by atoms with van der Waals surface area (Å²) in [7, 11) is 0. The van der Waals surface area contributed by atoms with Crippen LogP contribution in [0.4, 0.5) is 0 Å². The molecule has 7 heteroatoms. The van der Waals surface area contributed by atoms with E-state index in [1.54, 1.807) is 23.7 Å². The molecule has 1 fully saturated rings. The van der Waals surface area contributed by atoms with Gasteiger partial charge in [-0.1, -0.05) is 6.92 Å². The van der Waals surface area contributed by atoms with Gasteiger partial charge in [0.1, 0.15) is 6.04 Å². The molecule has 2 unspecified atom stereocenters. The first-order valence-corrected chi connectivity index (χ1v) is 8.55. The average molecular weight is 322 g/mol. The first-order chi connectivity index (χ1) is 10.1. The molecule has 2 atom stereocenters. The van der Waals surface area contributed by atoms with E-state index in [1.807, 2.05) is 6.92 Å². The maximum Gasteiger partial charge on any atom is 0.327 e. The molecular formula is C14H14N2O3S2. The quantitative estimate of drug-likeness (QED) is 0.941. The molecule has 110 valence electrons. The van der Waals surface area contributed by atoms with Crippen LogP contribution >= 0.6 is 23.1 Å². The highest BCUT2D eigenvalue weighted by atomic mass is 32.2. The second kappa shape index (κ2) is 5.65. The third-order valence-electron chi connectivity index (χ3n) is 3.54. The fourth-order valence-electron chi connectivity index (χ4n) is 2.48. The number of amides is 1. The molecule has 0 radical (unpaired) electrons. The zero-order valence-electron chi connectivity index (χ0n) is 11.4. The number of rotatable bonds is 3. The molecule has 2 aromatic rings. The summed E-state index contributed by atoms with van der Waals surface area (Å²) in [6, 6.07) is 4.58. The van der Waals surface area contributed by atoms with E-state index in [1.165, 1.54) is 28.0 Å².